The maximum Gasteiger partial charge on any atom is 0.472 e. The van der Waals surface area contributed by atoms with E-state index >= 15 is 0 Å². The summed E-state index contributed by atoms with van der Waals surface area (Å²) in [4.78, 5) is 72.8. The Morgan fingerprint density at radius 2 is 0.560 bits per heavy atom. The summed E-state index contributed by atoms with van der Waals surface area (Å²) in [5.74, 6) is -2.32. The molecule has 572 valence electrons. The SMILES string of the molecule is CC/C=C\C/C=C\C/C=C\C/C=C\C/C=C\C/C=C\CCC(=O)OCC(COP(=O)(O)OCC(O)COP(=O)(O)OCC(COC(=O)CCCCCCC/C=C\C/C=C\CCC)OC(=O)CCCCCCC/C=C\C/C=C\CCC)OC(=O)CCCCCCC/C=C\CCCCCCCC. The van der Waals surface area contributed by atoms with Gasteiger partial charge >= 0.3 is 39.5 Å². The fourth-order valence-electron chi connectivity index (χ4n) is 9.73. The number of esters is 4. The predicted molar refractivity (Wildman–Crippen MR) is 408 cm³/mol. The summed E-state index contributed by atoms with van der Waals surface area (Å²) in [6, 6.07) is 0. The molecule has 0 heterocycles. The molecule has 5 unspecified atom stereocenters. The molecule has 0 fully saturated rings. The standard InChI is InChI=1S/C81H136O17P2/c1-5-9-13-17-21-25-29-33-35-36-37-38-40-43-46-50-54-58-62-66-79(84)92-72-77(98-81(86)68-64-60-56-52-48-44-39-34-30-26-22-18-14-10-6-2)74-96-100(89,90)94-70-75(82)69-93-99(87,88)95-73-76(97-80(85)67-63-59-55-51-47-42-32-28-24-20-16-12-8-4)71-91-78(83)65-61-57-53-49-45-41-31-27-23-19-15-11-7-3/h9,13,15-16,19-21,25,27-28,31-35,37-39,43,46,54,58,75-77,82H,5-8,10-12,14,17-18,22-24,26,29-30,36,40-42,44-45,47-53,55-57,59-74H2,1-4H3,(H,87,88)(H,89,90)/b13-9-,19-15-,20-16-,25-21-,31-27-,32-28-,35-33-,38-37-,39-34-,46-43-,58-54-. The van der Waals surface area contributed by atoms with Gasteiger partial charge in [-0.1, -0.05) is 264 Å². The largest absolute Gasteiger partial charge is 0.472 e. The number of rotatable bonds is 71. The van der Waals surface area contributed by atoms with E-state index in [-0.39, 0.29) is 25.7 Å². The van der Waals surface area contributed by atoms with Gasteiger partial charge in [-0.15, -0.1) is 0 Å². The second kappa shape index (κ2) is 72.5. The molecule has 0 aliphatic heterocycles. The number of phosphoric ester groups is 2. The smallest absolute Gasteiger partial charge is 0.462 e. The number of ether oxygens (including phenoxy) is 4. The van der Waals surface area contributed by atoms with Crippen molar-refractivity contribution in [1.29, 1.82) is 0 Å². The van der Waals surface area contributed by atoms with Crippen molar-refractivity contribution in [3.05, 3.63) is 134 Å². The number of unbranched alkanes of at least 4 members (excludes halogenated alkanes) is 23. The molecular formula is C81H136O17P2. The molecule has 0 aliphatic carbocycles. The van der Waals surface area contributed by atoms with E-state index in [1.165, 1.54) is 38.5 Å². The second-order valence-corrected chi connectivity index (χ2v) is 28.1. The third-order valence-corrected chi connectivity index (χ3v) is 17.4. The average molecular weight is 1440 g/mol. The Balaban J connectivity index is 5.43. The van der Waals surface area contributed by atoms with Crippen LogP contribution in [0.3, 0.4) is 0 Å². The van der Waals surface area contributed by atoms with Gasteiger partial charge in [0.1, 0.15) is 19.3 Å². The molecule has 0 aromatic heterocycles. The Kier molecular flexibility index (Phi) is 69.1. The van der Waals surface area contributed by atoms with Crippen LogP contribution in [-0.2, 0) is 65.4 Å². The van der Waals surface area contributed by atoms with Crippen LogP contribution in [0.4, 0.5) is 0 Å². The van der Waals surface area contributed by atoms with Gasteiger partial charge in [0.15, 0.2) is 12.2 Å². The number of aliphatic hydroxyl groups is 1. The number of hydrogen-bond donors (Lipinski definition) is 3. The Labute approximate surface area is 605 Å². The van der Waals surface area contributed by atoms with Crippen molar-refractivity contribution in [3.63, 3.8) is 0 Å². The van der Waals surface area contributed by atoms with E-state index in [4.69, 9.17) is 37.0 Å². The van der Waals surface area contributed by atoms with Crippen molar-refractivity contribution in [2.45, 2.75) is 316 Å². The molecule has 19 heteroatoms. The van der Waals surface area contributed by atoms with Gasteiger partial charge in [-0.05, 0) is 141 Å². The Bertz CT molecular complexity index is 2420. The van der Waals surface area contributed by atoms with Gasteiger partial charge < -0.3 is 33.8 Å². The van der Waals surface area contributed by atoms with E-state index < -0.39 is 97.5 Å². The van der Waals surface area contributed by atoms with Crippen molar-refractivity contribution in [2.24, 2.45) is 0 Å². The quantitative estimate of drug-likeness (QED) is 0.0169. The molecule has 0 aromatic carbocycles. The predicted octanol–water partition coefficient (Wildman–Crippen LogP) is 22.1. The van der Waals surface area contributed by atoms with Crippen LogP contribution in [-0.4, -0.2) is 96.7 Å². The first-order valence-electron chi connectivity index (χ1n) is 38.4. The number of phosphoric acid groups is 2. The highest BCUT2D eigenvalue weighted by Gasteiger charge is 2.30. The first kappa shape index (κ1) is 95.2. The van der Waals surface area contributed by atoms with Gasteiger partial charge in [-0.25, -0.2) is 9.13 Å². The third-order valence-electron chi connectivity index (χ3n) is 15.5. The molecule has 0 rings (SSSR count). The van der Waals surface area contributed by atoms with Crippen molar-refractivity contribution in [1.82, 2.24) is 0 Å². The van der Waals surface area contributed by atoms with Gasteiger partial charge in [0.05, 0.1) is 26.4 Å². The first-order chi connectivity index (χ1) is 48.7. The number of allylic oxidation sites excluding steroid dienone is 22. The van der Waals surface area contributed by atoms with E-state index in [0.29, 0.717) is 32.1 Å². The van der Waals surface area contributed by atoms with Crippen LogP contribution < -0.4 is 0 Å². The summed E-state index contributed by atoms with van der Waals surface area (Å²) in [6.07, 6.45) is 80.3. The van der Waals surface area contributed by atoms with Crippen molar-refractivity contribution in [3.8, 4) is 0 Å². The van der Waals surface area contributed by atoms with Gasteiger partial charge in [0, 0.05) is 25.7 Å². The van der Waals surface area contributed by atoms with Crippen LogP contribution in [0.2, 0.25) is 0 Å². The van der Waals surface area contributed by atoms with E-state index in [1.807, 2.05) is 18.2 Å². The Hall–Kier alpha value is -4.80. The normalized spacial score (nSPS) is 14.7. The van der Waals surface area contributed by atoms with Crippen LogP contribution in [0.15, 0.2) is 134 Å². The third kappa shape index (κ3) is 71.6. The van der Waals surface area contributed by atoms with Gasteiger partial charge in [0.25, 0.3) is 0 Å². The van der Waals surface area contributed by atoms with E-state index in [9.17, 15) is 43.2 Å². The molecule has 0 spiro atoms. The van der Waals surface area contributed by atoms with Gasteiger partial charge in [-0.2, -0.15) is 0 Å². The minimum atomic E-state index is -5.00. The number of aliphatic hydroxyl groups excluding tert-OH is 1. The van der Waals surface area contributed by atoms with Crippen molar-refractivity contribution in [2.75, 3.05) is 39.6 Å². The van der Waals surface area contributed by atoms with Gasteiger partial charge in [-0.3, -0.25) is 37.3 Å². The summed E-state index contributed by atoms with van der Waals surface area (Å²) in [7, 11) is -9.98. The molecule has 0 aliphatic rings. The van der Waals surface area contributed by atoms with Crippen LogP contribution in [0.5, 0.6) is 0 Å². The zero-order chi connectivity index (χ0) is 73.2. The molecule has 0 aromatic rings. The van der Waals surface area contributed by atoms with Crippen LogP contribution in [0, 0.1) is 0 Å². The molecule has 0 saturated carbocycles. The lowest BCUT2D eigenvalue weighted by Gasteiger charge is -2.21. The molecule has 0 bridgehead atoms. The van der Waals surface area contributed by atoms with Crippen LogP contribution >= 0.6 is 15.6 Å². The molecule has 0 radical (unpaired) electrons. The maximum absolute atomic E-state index is 13.1. The highest BCUT2D eigenvalue weighted by atomic mass is 31.2. The van der Waals surface area contributed by atoms with E-state index in [2.05, 4.69) is 143 Å². The topological polar surface area (TPSA) is 237 Å². The number of hydrogen-bond acceptors (Lipinski definition) is 15. The Morgan fingerprint density at radius 1 is 0.290 bits per heavy atom. The molecule has 3 N–H and O–H groups in total. The lowest BCUT2D eigenvalue weighted by atomic mass is 10.1. The van der Waals surface area contributed by atoms with Gasteiger partial charge in [0.2, 0.25) is 0 Å². The molecule has 100 heavy (non-hydrogen) atoms. The van der Waals surface area contributed by atoms with E-state index in [0.717, 1.165) is 173 Å². The average Bonchev–Trinajstić information content (AvgIpc) is 0.946. The Morgan fingerprint density at radius 3 is 0.910 bits per heavy atom. The number of carbonyl (C=O) groups excluding carboxylic acids is 4. The summed E-state index contributed by atoms with van der Waals surface area (Å²) >= 11 is 0. The molecule has 17 nitrogen and oxygen atoms in total. The van der Waals surface area contributed by atoms with Crippen molar-refractivity contribution < 1.29 is 80.2 Å². The van der Waals surface area contributed by atoms with E-state index in [1.54, 1.807) is 0 Å². The monoisotopic (exact) mass is 1440 g/mol. The highest BCUT2D eigenvalue weighted by Crippen LogP contribution is 2.45. The molecule has 0 saturated heterocycles. The maximum atomic E-state index is 13.1. The lowest BCUT2D eigenvalue weighted by molar-refractivity contribution is -0.161. The van der Waals surface area contributed by atoms with Crippen molar-refractivity contribution >= 4 is 39.5 Å². The summed E-state index contributed by atoms with van der Waals surface area (Å²) in [5.41, 5.74) is 0. The number of carbonyl (C=O) groups is 4. The second-order valence-electron chi connectivity index (χ2n) is 25.2. The first-order valence-corrected chi connectivity index (χ1v) is 41.4. The summed E-state index contributed by atoms with van der Waals surface area (Å²) in [6.45, 7) is 4.49. The highest BCUT2D eigenvalue weighted by molar-refractivity contribution is 7.47. The van der Waals surface area contributed by atoms with Crippen LogP contribution in [0.25, 0.3) is 0 Å². The molecule has 0 amide bonds. The minimum Gasteiger partial charge on any atom is -0.462 e. The van der Waals surface area contributed by atoms with Crippen LogP contribution in [0.1, 0.15) is 297 Å². The lowest BCUT2D eigenvalue weighted by Crippen LogP contribution is -2.30. The summed E-state index contributed by atoms with van der Waals surface area (Å²) in [5, 5.41) is 10.6. The summed E-state index contributed by atoms with van der Waals surface area (Å²) < 4.78 is 68.4. The fraction of sp³-hybridized carbons (Fsp3) is 0.679. The molecule has 5 atom stereocenters. The minimum absolute atomic E-state index is 0.0317. The zero-order valence-electron chi connectivity index (χ0n) is 62.3. The molecular weight excluding hydrogens is 1310 g/mol. The fourth-order valence-corrected chi connectivity index (χ4v) is 11.3. The zero-order valence-corrected chi connectivity index (χ0v) is 64.1.